The van der Waals surface area contributed by atoms with Gasteiger partial charge in [0, 0.05) is 0 Å². The number of halogens is 3. The molecule has 0 radical (unpaired) electrons. The molecule has 0 saturated heterocycles. The van der Waals surface area contributed by atoms with E-state index in [9.17, 15) is 8.78 Å². The summed E-state index contributed by atoms with van der Waals surface area (Å²) in [6.07, 6.45) is 0. The first kappa shape index (κ1) is 13.5. The maximum absolute atomic E-state index is 13.3. The Morgan fingerprint density at radius 1 is 1.16 bits per heavy atom. The lowest BCUT2D eigenvalue weighted by Crippen LogP contribution is -1.99. The molecule has 0 unspecified atom stereocenters. The molecular weight excluding hydrogens is 316 g/mol. The molecule has 0 fully saturated rings. The molecule has 0 aromatic heterocycles. The minimum absolute atomic E-state index is 0.122. The Labute approximate surface area is 117 Å². The van der Waals surface area contributed by atoms with Gasteiger partial charge in [-0.15, -0.1) is 0 Å². The topological polar surface area (TPSA) is 33.0 Å². The van der Waals surface area contributed by atoms with Crippen LogP contribution in [0.25, 0.3) is 0 Å². The highest BCUT2D eigenvalue weighted by Crippen LogP contribution is 2.22. The lowest BCUT2D eigenvalue weighted by molar-refractivity contribution is 0.303. The standard InChI is InChI=1S/C14H8BrF2NO/c15-11-6-9(4-5-13(11)17)8-19-14-3-1-2-12(16)10(14)7-18/h1-6H,8H2. The average molecular weight is 324 g/mol. The summed E-state index contributed by atoms with van der Waals surface area (Å²) in [5.41, 5.74) is 0.574. The van der Waals surface area contributed by atoms with Gasteiger partial charge in [-0.1, -0.05) is 12.1 Å². The van der Waals surface area contributed by atoms with Crippen LogP contribution in [0.5, 0.6) is 5.75 Å². The van der Waals surface area contributed by atoms with Crippen molar-refractivity contribution in [3.63, 3.8) is 0 Å². The summed E-state index contributed by atoms with van der Waals surface area (Å²) in [6.45, 7) is 0.122. The van der Waals surface area contributed by atoms with Gasteiger partial charge in [-0.3, -0.25) is 0 Å². The summed E-state index contributed by atoms with van der Waals surface area (Å²) >= 11 is 3.07. The molecule has 0 atom stereocenters. The van der Waals surface area contributed by atoms with Crippen molar-refractivity contribution in [2.24, 2.45) is 0 Å². The zero-order valence-corrected chi connectivity index (χ0v) is 11.2. The van der Waals surface area contributed by atoms with Gasteiger partial charge in [0.25, 0.3) is 0 Å². The summed E-state index contributed by atoms with van der Waals surface area (Å²) in [5, 5.41) is 8.85. The minimum Gasteiger partial charge on any atom is -0.487 e. The number of ether oxygens (including phenoxy) is 1. The molecule has 19 heavy (non-hydrogen) atoms. The fraction of sp³-hybridized carbons (Fsp3) is 0.0714. The van der Waals surface area contributed by atoms with E-state index in [0.717, 1.165) is 0 Å². The van der Waals surface area contributed by atoms with Gasteiger partial charge in [-0.25, -0.2) is 8.78 Å². The highest BCUT2D eigenvalue weighted by molar-refractivity contribution is 9.10. The Kier molecular flexibility index (Phi) is 4.13. The van der Waals surface area contributed by atoms with E-state index >= 15 is 0 Å². The smallest absolute Gasteiger partial charge is 0.144 e. The summed E-state index contributed by atoms with van der Waals surface area (Å²) in [6, 6.07) is 10.4. The van der Waals surface area contributed by atoms with E-state index in [0.29, 0.717) is 10.0 Å². The van der Waals surface area contributed by atoms with Gasteiger partial charge < -0.3 is 4.74 Å². The third-order valence-electron chi connectivity index (χ3n) is 2.47. The predicted molar refractivity (Wildman–Crippen MR) is 69.5 cm³/mol. The van der Waals surface area contributed by atoms with Crippen molar-refractivity contribution in [3.05, 3.63) is 63.6 Å². The van der Waals surface area contributed by atoms with Gasteiger partial charge in [0.1, 0.15) is 35.6 Å². The van der Waals surface area contributed by atoms with Crippen LogP contribution in [-0.2, 0) is 6.61 Å². The fourth-order valence-corrected chi connectivity index (χ4v) is 1.95. The number of hydrogen-bond donors (Lipinski definition) is 0. The van der Waals surface area contributed by atoms with Gasteiger partial charge in [-0.05, 0) is 45.8 Å². The van der Waals surface area contributed by atoms with Crippen molar-refractivity contribution < 1.29 is 13.5 Å². The van der Waals surface area contributed by atoms with Crippen LogP contribution in [-0.4, -0.2) is 0 Å². The second-order valence-electron chi connectivity index (χ2n) is 3.76. The van der Waals surface area contributed by atoms with Crippen LogP contribution in [0.15, 0.2) is 40.9 Å². The Morgan fingerprint density at radius 2 is 1.95 bits per heavy atom. The van der Waals surface area contributed by atoms with Gasteiger partial charge in [0.15, 0.2) is 0 Å². The van der Waals surface area contributed by atoms with Crippen molar-refractivity contribution >= 4 is 15.9 Å². The van der Waals surface area contributed by atoms with E-state index in [1.165, 1.54) is 24.3 Å². The van der Waals surface area contributed by atoms with Crippen LogP contribution in [0, 0.1) is 23.0 Å². The molecule has 0 bridgehead atoms. The zero-order valence-electron chi connectivity index (χ0n) is 9.66. The normalized spacial score (nSPS) is 10.0. The Hall–Kier alpha value is -1.93. The molecule has 0 amide bonds. The van der Waals surface area contributed by atoms with E-state index in [2.05, 4.69) is 15.9 Å². The first-order valence-electron chi connectivity index (χ1n) is 5.37. The number of hydrogen-bond acceptors (Lipinski definition) is 2. The molecule has 0 N–H and O–H groups in total. The van der Waals surface area contributed by atoms with Crippen molar-refractivity contribution in [3.8, 4) is 11.8 Å². The SMILES string of the molecule is N#Cc1c(F)cccc1OCc1ccc(F)c(Br)c1. The van der Waals surface area contributed by atoms with E-state index in [1.807, 2.05) is 0 Å². The minimum atomic E-state index is -0.625. The molecule has 5 heteroatoms. The van der Waals surface area contributed by atoms with Crippen LogP contribution < -0.4 is 4.74 Å². The van der Waals surface area contributed by atoms with E-state index in [4.69, 9.17) is 10.00 Å². The molecule has 0 aliphatic heterocycles. The summed E-state index contributed by atoms with van der Waals surface area (Å²) in [7, 11) is 0. The Bertz CT molecular complexity index is 652. The van der Waals surface area contributed by atoms with Gasteiger partial charge in [-0.2, -0.15) is 5.26 Å². The molecule has 0 aliphatic rings. The number of nitriles is 1. The summed E-state index contributed by atoms with van der Waals surface area (Å²) in [5.74, 6) is -0.824. The second-order valence-corrected chi connectivity index (χ2v) is 4.62. The molecule has 0 spiro atoms. The van der Waals surface area contributed by atoms with Crippen molar-refractivity contribution in [1.29, 1.82) is 5.26 Å². The molecule has 0 saturated carbocycles. The molecule has 2 aromatic carbocycles. The lowest BCUT2D eigenvalue weighted by atomic mass is 10.2. The molecule has 0 heterocycles. The van der Waals surface area contributed by atoms with Gasteiger partial charge >= 0.3 is 0 Å². The summed E-state index contributed by atoms with van der Waals surface area (Å²) < 4.78 is 32.1. The van der Waals surface area contributed by atoms with Crippen molar-refractivity contribution in [2.75, 3.05) is 0 Å². The zero-order chi connectivity index (χ0) is 13.8. The quantitative estimate of drug-likeness (QED) is 0.849. The van der Waals surface area contributed by atoms with E-state index in [1.54, 1.807) is 18.2 Å². The third-order valence-corrected chi connectivity index (χ3v) is 3.07. The van der Waals surface area contributed by atoms with Crippen LogP contribution >= 0.6 is 15.9 Å². The highest BCUT2D eigenvalue weighted by Gasteiger charge is 2.09. The average Bonchev–Trinajstić information content (AvgIpc) is 2.40. The Morgan fingerprint density at radius 3 is 2.63 bits per heavy atom. The van der Waals surface area contributed by atoms with Crippen molar-refractivity contribution in [1.82, 2.24) is 0 Å². The van der Waals surface area contributed by atoms with Gasteiger partial charge in [0.05, 0.1) is 4.47 Å². The molecule has 2 aromatic rings. The van der Waals surface area contributed by atoms with Crippen LogP contribution in [0.2, 0.25) is 0 Å². The highest BCUT2D eigenvalue weighted by atomic mass is 79.9. The summed E-state index contributed by atoms with van der Waals surface area (Å²) in [4.78, 5) is 0. The van der Waals surface area contributed by atoms with Gasteiger partial charge in [0.2, 0.25) is 0 Å². The molecule has 0 aliphatic carbocycles. The first-order valence-corrected chi connectivity index (χ1v) is 6.16. The van der Waals surface area contributed by atoms with Crippen molar-refractivity contribution in [2.45, 2.75) is 6.61 Å². The lowest BCUT2D eigenvalue weighted by Gasteiger charge is -2.08. The third kappa shape index (κ3) is 3.09. The molecule has 2 rings (SSSR count). The predicted octanol–water partition coefficient (Wildman–Crippen LogP) is 4.18. The number of nitrogens with zero attached hydrogens (tertiary/aromatic N) is 1. The molecule has 2 nitrogen and oxygen atoms in total. The Balaban J connectivity index is 2.17. The first-order chi connectivity index (χ1) is 9.11. The largest absolute Gasteiger partial charge is 0.487 e. The maximum Gasteiger partial charge on any atom is 0.144 e. The molecule has 96 valence electrons. The van der Waals surface area contributed by atoms with E-state index in [-0.39, 0.29) is 23.7 Å². The number of benzene rings is 2. The van der Waals surface area contributed by atoms with Crippen LogP contribution in [0.4, 0.5) is 8.78 Å². The van der Waals surface area contributed by atoms with E-state index < -0.39 is 5.82 Å². The second kappa shape index (κ2) is 5.81. The number of rotatable bonds is 3. The maximum atomic E-state index is 13.3. The van der Waals surface area contributed by atoms with Crippen LogP contribution in [0.1, 0.15) is 11.1 Å². The monoisotopic (exact) mass is 323 g/mol. The molecular formula is C14H8BrF2NO. The van der Waals surface area contributed by atoms with Crippen LogP contribution in [0.3, 0.4) is 0 Å². The fourth-order valence-electron chi connectivity index (χ4n) is 1.52.